The second-order valence-electron chi connectivity index (χ2n) is 5.01. The molecule has 0 saturated heterocycles. The van der Waals surface area contributed by atoms with Gasteiger partial charge in [-0.2, -0.15) is 0 Å². The topological polar surface area (TPSA) is 68.5 Å². The number of carbonyl (C=O) groups excluding carboxylic acids is 1. The van der Waals surface area contributed by atoms with Crippen molar-refractivity contribution in [1.29, 1.82) is 0 Å². The molecule has 1 heterocycles. The highest BCUT2D eigenvalue weighted by Gasteiger charge is 2.15. The third-order valence-corrected chi connectivity index (χ3v) is 3.39. The molecule has 0 spiro atoms. The minimum atomic E-state index is -0.801. The number of hydrogen-bond donors (Lipinski definition) is 1. The van der Waals surface area contributed by atoms with Crippen LogP contribution in [0.3, 0.4) is 0 Å². The Balaban J connectivity index is 1.96. The standard InChI is InChI=1S/C18H14FNO4/c1-2-23-12-8-7-11-9-13(18(22)24-16(11)10-12)17(21)20-15-6-4-3-5-14(15)19/h3-10H,2H2,1H3,(H,20,21). The lowest BCUT2D eigenvalue weighted by Crippen LogP contribution is -2.21. The number of para-hydroxylation sites is 1. The van der Waals surface area contributed by atoms with Crippen LogP contribution in [0.25, 0.3) is 11.0 Å². The molecule has 0 aliphatic carbocycles. The first kappa shape index (κ1) is 15.7. The van der Waals surface area contributed by atoms with E-state index in [4.69, 9.17) is 9.15 Å². The summed E-state index contributed by atoms with van der Waals surface area (Å²) in [6.45, 7) is 2.33. The van der Waals surface area contributed by atoms with Crippen molar-refractivity contribution in [1.82, 2.24) is 0 Å². The summed E-state index contributed by atoms with van der Waals surface area (Å²) in [7, 11) is 0. The Morgan fingerprint density at radius 1 is 1.21 bits per heavy atom. The van der Waals surface area contributed by atoms with E-state index in [9.17, 15) is 14.0 Å². The summed E-state index contributed by atoms with van der Waals surface area (Å²) in [6, 6.07) is 12.1. The van der Waals surface area contributed by atoms with Crippen molar-refractivity contribution in [2.45, 2.75) is 6.92 Å². The monoisotopic (exact) mass is 327 g/mol. The molecule has 3 rings (SSSR count). The molecule has 0 radical (unpaired) electrons. The van der Waals surface area contributed by atoms with Crippen LogP contribution >= 0.6 is 0 Å². The Morgan fingerprint density at radius 2 is 2.00 bits per heavy atom. The molecule has 5 nitrogen and oxygen atoms in total. The number of rotatable bonds is 4. The number of amides is 1. The zero-order chi connectivity index (χ0) is 17.1. The van der Waals surface area contributed by atoms with Gasteiger partial charge in [0.15, 0.2) is 0 Å². The van der Waals surface area contributed by atoms with Crippen molar-refractivity contribution < 1.29 is 18.3 Å². The first-order chi connectivity index (χ1) is 11.6. The zero-order valence-corrected chi connectivity index (χ0v) is 12.8. The van der Waals surface area contributed by atoms with Crippen molar-refractivity contribution in [2.75, 3.05) is 11.9 Å². The zero-order valence-electron chi connectivity index (χ0n) is 12.8. The van der Waals surface area contributed by atoms with Crippen LogP contribution in [0.2, 0.25) is 0 Å². The first-order valence-electron chi connectivity index (χ1n) is 7.35. The second kappa shape index (κ2) is 6.54. The van der Waals surface area contributed by atoms with E-state index in [1.165, 1.54) is 24.3 Å². The number of fused-ring (bicyclic) bond motifs is 1. The molecule has 6 heteroatoms. The summed E-state index contributed by atoms with van der Waals surface area (Å²) in [4.78, 5) is 24.3. The molecule has 0 fully saturated rings. The molecule has 1 amide bonds. The van der Waals surface area contributed by atoms with Crippen molar-refractivity contribution in [3.63, 3.8) is 0 Å². The van der Waals surface area contributed by atoms with Gasteiger partial charge in [-0.1, -0.05) is 12.1 Å². The van der Waals surface area contributed by atoms with E-state index in [0.29, 0.717) is 23.3 Å². The predicted molar refractivity (Wildman–Crippen MR) is 88.0 cm³/mol. The molecule has 2 aromatic carbocycles. The maximum atomic E-state index is 13.6. The number of benzene rings is 2. The summed E-state index contributed by atoms with van der Waals surface area (Å²) in [5, 5.41) is 2.93. The van der Waals surface area contributed by atoms with Crippen LogP contribution in [0, 0.1) is 5.82 Å². The minimum Gasteiger partial charge on any atom is -0.494 e. The van der Waals surface area contributed by atoms with Gasteiger partial charge in [-0.3, -0.25) is 4.79 Å². The maximum absolute atomic E-state index is 13.6. The third kappa shape index (κ3) is 3.12. The van der Waals surface area contributed by atoms with E-state index >= 15 is 0 Å². The SMILES string of the molecule is CCOc1ccc2cc(C(=O)Nc3ccccc3F)c(=O)oc2c1. The van der Waals surface area contributed by atoms with E-state index in [2.05, 4.69) is 5.32 Å². The first-order valence-corrected chi connectivity index (χ1v) is 7.35. The average Bonchev–Trinajstić information content (AvgIpc) is 2.56. The normalized spacial score (nSPS) is 10.6. The third-order valence-electron chi connectivity index (χ3n) is 3.39. The highest BCUT2D eigenvalue weighted by atomic mass is 19.1. The van der Waals surface area contributed by atoms with E-state index in [1.807, 2.05) is 6.92 Å². The highest BCUT2D eigenvalue weighted by Crippen LogP contribution is 2.21. The number of ether oxygens (including phenoxy) is 1. The maximum Gasteiger partial charge on any atom is 0.349 e. The molecule has 0 saturated carbocycles. The lowest BCUT2D eigenvalue weighted by Gasteiger charge is -2.07. The summed E-state index contributed by atoms with van der Waals surface area (Å²) in [6.07, 6.45) is 0. The number of carbonyl (C=O) groups is 1. The van der Waals surface area contributed by atoms with Crippen LogP contribution in [0.5, 0.6) is 5.75 Å². The van der Waals surface area contributed by atoms with Crippen LogP contribution in [-0.4, -0.2) is 12.5 Å². The quantitative estimate of drug-likeness (QED) is 0.744. The summed E-state index contributed by atoms with van der Waals surface area (Å²) in [5.41, 5.74) is -0.693. The van der Waals surface area contributed by atoms with Gasteiger partial charge >= 0.3 is 5.63 Å². The molecule has 3 aromatic rings. The second-order valence-corrected chi connectivity index (χ2v) is 5.01. The van der Waals surface area contributed by atoms with Gasteiger partial charge in [-0.25, -0.2) is 9.18 Å². The van der Waals surface area contributed by atoms with Crippen LogP contribution < -0.4 is 15.7 Å². The fraction of sp³-hybridized carbons (Fsp3) is 0.111. The summed E-state index contributed by atoms with van der Waals surface area (Å²) < 4.78 is 24.1. The van der Waals surface area contributed by atoms with E-state index in [0.717, 1.165) is 0 Å². The lowest BCUT2D eigenvalue weighted by molar-refractivity contribution is 0.102. The Kier molecular flexibility index (Phi) is 4.29. The fourth-order valence-electron chi connectivity index (χ4n) is 2.26. The van der Waals surface area contributed by atoms with Crippen molar-refractivity contribution in [2.24, 2.45) is 0 Å². The van der Waals surface area contributed by atoms with Gasteiger partial charge in [0.1, 0.15) is 22.7 Å². The molecular formula is C18H14FNO4. The number of nitrogens with one attached hydrogen (secondary N) is 1. The minimum absolute atomic E-state index is 0.00584. The fourth-order valence-corrected chi connectivity index (χ4v) is 2.26. The average molecular weight is 327 g/mol. The number of hydrogen-bond acceptors (Lipinski definition) is 4. The van der Waals surface area contributed by atoms with Crippen LogP contribution in [0.1, 0.15) is 17.3 Å². The van der Waals surface area contributed by atoms with E-state index in [1.54, 1.807) is 24.3 Å². The Labute approximate surface area is 136 Å². The largest absolute Gasteiger partial charge is 0.494 e. The van der Waals surface area contributed by atoms with Crippen LogP contribution in [0.15, 0.2) is 57.7 Å². The van der Waals surface area contributed by atoms with Gasteiger partial charge in [0.25, 0.3) is 5.91 Å². The Hall–Kier alpha value is -3.15. The number of anilines is 1. The Bertz CT molecular complexity index is 965. The summed E-state index contributed by atoms with van der Waals surface area (Å²) in [5.74, 6) is -0.751. The molecular weight excluding hydrogens is 313 g/mol. The van der Waals surface area contributed by atoms with Crippen molar-refractivity contribution >= 4 is 22.6 Å². The molecule has 122 valence electrons. The van der Waals surface area contributed by atoms with Crippen LogP contribution in [-0.2, 0) is 0 Å². The molecule has 0 bridgehead atoms. The summed E-state index contributed by atoms with van der Waals surface area (Å²) >= 11 is 0. The molecule has 1 N–H and O–H groups in total. The van der Waals surface area contributed by atoms with E-state index in [-0.39, 0.29) is 11.3 Å². The smallest absolute Gasteiger partial charge is 0.349 e. The molecule has 1 aromatic heterocycles. The van der Waals surface area contributed by atoms with Crippen LogP contribution in [0.4, 0.5) is 10.1 Å². The van der Waals surface area contributed by atoms with E-state index < -0.39 is 17.3 Å². The molecule has 24 heavy (non-hydrogen) atoms. The molecule has 0 aliphatic rings. The predicted octanol–water partition coefficient (Wildman–Crippen LogP) is 3.58. The Morgan fingerprint density at radius 3 is 2.75 bits per heavy atom. The van der Waals surface area contributed by atoms with Crippen molar-refractivity contribution in [3.8, 4) is 5.75 Å². The van der Waals surface area contributed by atoms with Gasteiger partial charge in [0, 0.05) is 11.5 Å². The molecule has 0 atom stereocenters. The number of halogens is 1. The van der Waals surface area contributed by atoms with Crippen molar-refractivity contribution in [3.05, 3.63) is 70.3 Å². The molecule has 0 unspecified atom stereocenters. The van der Waals surface area contributed by atoms with Gasteiger partial charge < -0.3 is 14.5 Å². The van der Waals surface area contributed by atoms with Gasteiger partial charge in [0.2, 0.25) is 0 Å². The molecule has 0 aliphatic heterocycles. The highest BCUT2D eigenvalue weighted by molar-refractivity contribution is 6.05. The van der Waals surface area contributed by atoms with Gasteiger partial charge in [0.05, 0.1) is 12.3 Å². The van der Waals surface area contributed by atoms with Gasteiger partial charge in [-0.05, 0) is 37.3 Å². The van der Waals surface area contributed by atoms with Gasteiger partial charge in [-0.15, -0.1) is 0 Å². The lowest BCUT2D eigenvalue weighted by atomic mass is 10.1.